The third kappa shape index (κ3) is 4.88. The summed E-state index contributed by atoms with van der Waals surface area (Å²) >= 11 is 1.41. The number of amides is 1. The Morgan fingerprint density at radius 2 is 1.96 bits per heavy atom. The van der Waals surface area contributed by atoms with Crippen LogP contribution in [0.1, 0.15) is 28.1 Å². The van der Waals surface area contributed by atoms with E-state index in [4.69, 9.17) is 4.74 Å². The van der Waals surface area contributed by atoms with Crippen molar-refractivity contribution in [3.8, 4) is 0 Å². The van der Waals surface area contributed by atoms with Gasteiger partial charge in [0.1, 0.15) is 4.88 Å². The minimum absolute atomic E-state index is 0. The standard InChI is InChI=1S/C20H25N3O2S.ClH/c24-19(18-14-21-16-26-18)23-12-13-25-20(15-23)7-10-22(11-8-20)9-6-17-4-2-1-3-5-17;/h1-5,14,16H,6-13,15H2;1H. The van der Waals surface area contributed by atoms with Gasteiger partial charge in [0.15, 0.2) is 0 Å². The summed E-state index contributed by atoms with van der Waals surface area (Å²) in [6.45, 7) is 5.18. The Morgan fingerprint density at radius 1 is 1.19 bits per heavy atom. The first kappa shape index (κ1) is 20.3. The molecule has 0 aliphatic carbocycles. The molecule has 27 heavy (non-hydrogen) atoms. The van der Waals surface area contributed by atoms with Crippen LogP contribution in [0.25, 0.3) is 0 Å². The summed E-state index contributed by atoms with van der Waals surface area (Å²) in [5.41, 5.74) is 2.94. The highest BCUT2D eigenvalue weighted by Gasteiger charge is 2.41. The molecule has 0 bridgehead atoms. The lowest BCUT2D eigenvalue weighted by atomic mass is 9.89. The van der Waals surface area contributed by atoms with Gasteiger partial charge in [-0.15, -0.1) is 23.7 Å². The van der Waals surface area contributed by atoms with Crippen LogP contribution in [-0.4, -0.2) is 65.6 Å². The molecule has 7 heteroatoms. The van der Waals surface area contributed by atoms with Crippen molar-refractivity contribution in [2.45, 2.75) is 24.9 Å². The molecule has 1 aromatic carbocycles. The van der Waals surface area contributed by atoms with Crippen molar-refractivity contribution in [3.05, 3.63) is 52.5 Å². The average molecular weight is 408 g/mol. The fourth-order valence-corrected chi connectivity index (χ4v) is 4.50. The number of hydrogen-bond acceptors (Lipinski definition) is 5. The van der Waals surface area contributed by atoms with Gasteiger partial charge in [-0.25, -0.2) is 0 Å². The first-order valence-electron chi connectivity index (χ1n) is 9.32. The molecule has 1 aromatic heterocycles. The van der Waals surface area contributed by atoms with E-state index in [1.54, 1.807) is 11.7 Å². The third-order valence-corrected chi connectivity index (χ3v) is 6.27. The van der Waals surface area contributed by atoms with E-state index in [1.807, 2.05) is 4.90 Å². The van der Waals surface area contributed by atoms with Gasteiger partial charge in [-0.05, 0) is 24.8 Å². The molecule has 1 amide bonds. The maximum atomic E-state index is 12.6. The molecule has 0 N–H and O–H groups in total. The van der Waals surface area contributed by atoms with Gasteiger partial charge in [0, 0.05) is 26.2 Å². The minimum atomic E-state index is -0.165. The zero-order valence-electron chi connectivity index (χ0n) is 15.4. The Morgan fingerprint density at radius 3 is 2.67 bits per heavy atom. The molecule has 0 atom stereocenters. The molecule has 146 valence electrons. The van der Waals surface area contributed by atoms with E-state index in [-0.39, 0.29) is 23.9 Å². The Labute approximate surface area is 170 Å². The Balaban J connectivity index is 0.00000210. The van der Waals surface area contributed by atoms with E-state index in [9.17, 15) is 4.79 Å². The summed E-state index contributed by atoms with van der Waals surface area (Å²) in [5, 5.41) is 0. The molecular weight excluding hydrogens is 382 g/mol. The van der Waals surface area contributed by atoms with Crippen LogP contribution in [0.5, 0.6) is 0 Å². The van der Waals surface area contributed by atoms with Gasteiger partial charge in [-0.2, -0.15) is 0 Å². The monoisotopic (exact) mass is 407 g/mol. The highest BCUT2D eigenvalue weighted by Crippen LogP contribution is 2.31. The lowest BCUT2D eigenvalue weighted by molar-refractivity contribution is -0.127. The van der Waals surface area contributed by atoms with E-state index >= 15 is 0 Å². The lowest BCUT2D eigenvalue weighted by Gasteiger charge is -2.47. The third-order valence-electron chi connectivity index (χ3n) is 5.51. The van der Waals surface area contributed by atoms with Crippen LogP contribution in [0, 0.1) is 0 Å². The highest BCUT2D eigenvalue weighted by atomic mass is 35.5. The zero-order chi connectivity index (χ0) is 17.8. The number of halogens is 1. The summed E-state index contributed by atoms with van der Waals surface area (Å²) in [5.74, 6) is 0.0988. The van der Waals surface area contributed by atoms with Gasteiger partial charge >= 0.3 is 0 Å². The number of morpholine rings is 1. The predicted octanol–water partition coefficient (Wildman–Crippen LogP) is 3.11. The second-order valence-electron chi connectivity index (χ2n) is 7.20. The molecule has 2 saturated heterocycles. The summed E-state index contributed by atoms with van der Waals surface area (Å²) < 4.78 is 6.18. The number of ether oxygens (including phenoxy) is 1. The van der Waals surface area contributed by atoms with Gasteiger partial charge in [0.2, 0.25) is 0 Å². The Hall–Kier alpha value is -1.47. The van der Waals surface area contributed by atoms with Crippen molar-refractivity contribution in [2.75, 3.05) is 39.3 Å². The van der Waals surface area contributed by atoms with Crippen molar-refractivity contribution in [1.29, 1.82) is 0 Å². The molecule has 5 nitrogen and oxygen atoms in total. The molecular formula is C20H26ClN3O2S. The molecule has 2 fully saturated rings. The predicted molar refractivity (Wildman–Crippen MR) is 110 cm³/mol. The maximum absolute atomic E-state index is 12.6. The fraction of sp³-hybridized carbons (Fsp3) is 0.500. The number of rotatable bonds is 4. The quantitative estimate of drug-likeness (QED) is 0.781. The second kappa shape index (κ2) is 9.15. The number of nitrogens with zero attached hydrogens (tertiary/aromatic N) is 3. The van der Waals surface area contributed by atoms with Crippen molar-refractivity contribution in [2.24, 2.45) is 0 Å². The molecule has 2 aliphatic heterocycles. The summed E-state index contributed by atoms with van der Waals surface area (Å²) in [6, 6.07) is 10.7. The van der Waals surface area contributed by atoms with Crippen molar-refractivity contribution in [1.82, 2.24) is 14.8 Å². The Kier molecular flexibility index (Phi) is 6.87. The van der Waals surface area contributed by atoms with Gasteiger partial charge in [-0.1, -0.05) is 30.3 Å². The van der Waals surface area contributed by atoms with Crippen molar-refractivity contribution in [3.63, 3.8) is 0 Å². The minimum Gasteiger partial charge on any atom is -0.371 e. The smallest absolute Gasteiger partial charge is 0.265 e. The van der Waals surface area contributed by atoms with Gasteiger partial charge < -0.3 is 14.5 Å². The molecule has 2 aliphatic rings. The number of piperidine rings is 1. The van der Waals surface area contributed by atoms with Crippen LogP contribution < -0.4 is 0 Å². The maximum Gasteiger partial charge on any atom is 0.265 e. The Bertz CT molecular complexity index is 718. The van der Waals surface area contributed by atoms with Crippen LogP contribution in [-0.2, 0) is 11.2 Å². The molecule has 0 radical (unpaired) electrons. The van der Waals surface area contributed by atoms with Crippen LogP contribution in [0.2, 0.25) is 0 Å². The molecule has 0 unspecified atom stereocenters. The molecule has 4 rings (SSSR count). The van der Waals surface area contributed by atoms with Crippen molar-refractivity contribution >= 4 is 29.7 Å². The van der Waals surface area contributed by atoms with Crippen LogP contribution in [0.4, 0.5) is 0 Å². The topological polar surface area (TPSA) is 45.7 Å². The normalized spacial score (nSPS) is 19.6. The molecule has 1 spiro atoms. The second-order valence-corrected chi connectivity index (χ2v) is 8.09. The molecule has 0 saturated carbocycles. The summed E-state index contributed by atoms with van der Waals surface area (Å²) in [4.78, 5) is 21.9. The van der Waals surface area contributed by atoms with Gasteiger partial charge in [0.05, 0.1) is 30.5 Å². The number of thiazole rings is 1. The highest BCUT2D eigenvalue weighted by molar-refractivity contribution is 7.11. The number of carbonyl (C=O) groups is 1. The van der Waals surface area contributed by atoms with E-state index in [0.29, 0.717) is 19.7 Å². The summed E-state index contributed by atoms with van der Waals surface area (Å²) in [6.07, 6.45) is 4.74. The number of carbonyl (C=O) groups excluding carboxylic acids is 1. The first-order valence-corrected chi connectivity index (χ1v) is 10.2. The molecule has 3 heterocycles. The number of aromatic nitrogens is 1. The largest absolute Gasteiger partial charge is 0.371 e. The molecule has 2 aromatic rings. The van der Waals surface area contributed by atoms with Crippen molar-refractivity contribution < 1.29 is 9.53 Å². The van der Waals surface area contributed by atoms with E-state index < -0.39 is 0 Å². The van der Waals surface area contributed by atoms with Crippen LogP contribution >= 0.6 is 23.7 Å². The van der Waals surface area contributed by atoms with Gasteiger partial charge in [0.25, 0.3) is 5.91 Å². The SMILES string of the molecule is Cl.O=C(c1cncs1)N1CCOC2(CCN(CCc3ccccc3)CC2)C1. The lowest BCUT2D eigenvalue weighted by Crippen LogP contribution is -2.58. The van der Waals surface area contributed by atoms with E-state index in [1.165, 1.54) is 16.9 Å². The fourth-order valence-electron chi connectivity index (χ4n) is 3.91. The van der Waals surface area contributed by atoms with Crippen LogP contribution in [0.15, 0.2) is 42.0 Å². The average Bonchev–Trinajstić information content (AvgIpc) is 3.23. The van der Waals surface area contributed by atoms with Crippen LogP contribution in [0.3, 0.4) is 0 Å². The van der Waals surface area contributed by atoms with E-state index in [2.05, 4.69) is 40.2 Å². The zero-order valence-corrected chi connectivity index (χ0v) is 17.0. The van der Waals surface area contributed by atoms with Gasteiger partial charge in [-0.3, -0.25) is 9.78 Å². The number of hydrogen-bond donors (Lipinski definition) is 0. The number of benzene rings is 1. The number of likely N-dealkylation sites (tertiary alicyclic amines) is 1. The first-order chi connectivity index (χ1) is 12.7. The summed E-state index contributed by atoms with van der Waals surface area (Å²) in [7, 11) is 0. The van der Waals surface area contributed by atoms with E-state index in [0.717, 1.165) is 43.8 Å².